The van der Waals surface area contributed by atoms with Crippen LogP contribution in [0, 0.1) is 19.8 Å². The van der Waals surface area contributed by atoms with Crippen LogP contribution in [0.4, 0.5) is 0 Å². The van der Waals surface area contributed by atoms with Gasteiger partial charge in [0.05, 0.1) is 11.2 Å². The third kappa shape index (κ3) is 3.09. The lowest BCUT2D eigenvalue weighted by Gasteiger charge is -2.33. The molecular formula is C21H23N3O2. The second-order valence-corrected chi connectivity index (χ2v) is 7.15. The van der Waals surface area contributed by atoms with Gasteiger partial charge in [0.1, 0.15) is 11.3 Å². The Labute approximate surface area is 153 Å². The van der Waals surface area contributed by atoms with Crippen molar-refractivity contribution in [1.29, 1.82) is 0 Å². The summed E-state index contributed by atoms with van der Waals surface area (Å²) in [6.45, 7) is 5.21. The molecule has 4 rings (SSSR count). The summed E-state index contributed by atoms with van der Waals surface area (Å²) < 4.78 is 5.17. The summed E-state index contributed by atoms with van der Waals surface area (Å²) in [4.78, 5) is 19.3. The number of rotatable bonds is 3. The molecule has 0 bridgehead atoms. The summed E-state index contributed by atoms with van der Waals surface area (Å²) >= 11 is 0. The maximum Gasteiger partial charge on any atom is 0.259 e. The predicted octanol–water partition coefficient (Wildman–Crippen LogP) is 3.93. The quantitative estimate of drug-likeness (QED) is 0.719. The smallest absolute Gasteiger partial charge is 0.259 e. The number of benzene rings is 1. The molecule has 134 valence electrons. The molecule has 1 aromatic carbocycles. The Morgan fingerprint density at radius 3 is 2.96 bits per heavy atom. The molecule has 1 atom stereocenters. The fraction of sp³-hybridized carbons (Fsp3) is 0.381. The van der Waals surface area contributed by atoms with Gasteiger partial charge in [0.25, 0.3) is 5.91 Å². The summed E-state index contributed by atoms with van der Waals surface area (Å²) in [6.07, 6.45) is 4.97. The number of hydrogen-bond acceptors (Lipinski definition) is 4. The first-order valence-electron chi connectivity index (χ1n) is 9.18. The van der Waals surface area contributed by atoms with E-state index in [1.807, 2.05) is 30.2 Å². The first-order chi connectivity index (χ1) is 12.6. The van der Waals surface area contributed by atoms with Gasteiger partial charge < -0.3 is 9.42 Å². The van der Waals surface area contributed by atoms with Gasteiger partial charge in [0.2, 0.25) is 0 Å². The fourth-order valence-corrected chi connectivity index (χ4v) is 4.02. The van der Waals surface area contributed by atoms with Crippen LogP contribution < -0.4 is 0 Å². The van der Waals surface area contributed by atoms with Gasteiger partial charge in [-0.2, -0.15) is 0 Å². The maximum atomic E-state index is 12.9. The van der Waals surface area contributed by atoms with Crippen molar-refractivity contribution in [2.75, 3.05) is 13.1 Å². The molecule has 1 amide bonds. The normalized spacial score (nSPS) is 17.6. The molecule has 3 heterocycles. The summed E-state index contributed by atoms with van der Waals surface area (Å²) in [5.74, 6) is 1.11. The highest BCUT2D eigenvalue weighted by atomic mass is 16.5. The number of amides is 1. The number of likely N-dealkylation sites (tertiary alicyclic amines) is 1. The molecule has 1 aliphatic rings. The molecule has 26 heavy (non-hydrogen) atoms. The Hall–Kier alpha value is -2.69. The van der Waals surface area contributed by atoms with E-state index in [4.69, 9.17) is 4.52 Å². The van der Waals surface area contributed by atoms with Crippen LogP contribution in [0.15, 0.2) is 41.1 Å². The van der Waals surface area contributed by atoms with Crippen molar-refractivity contribution >= 4 is 16.8 Å². The van der Waals surface area contributed by atoms with Gasteiger partial charge in [-0.15, -0.1) is 0 Å². The van der Waals surface area contributed by atoms with Crippen molar-refractivity contribution in [3.05, 3.63) is 59.1 Å². The minimum absolute atomic E-state index is 0.0468. The standard InChI is InChI=1S/C21H23N3O2/c1-14-20(15(2)26-23-14)21(25)24-11-5-6-16(13-24)12-17-7-3-9-19-18(17)8-4-10-22-19/h3-4,7-10,16H,5-6,11-13H2,1-2H3. The van der Waals surface area contributed by atoms with E-state index < -0.39 is 0 Å². The molecule has 0 saturated carbocycles. The first-order valence-corrected chi connectivity index (χ1v) is 9.18. The number of carbonyl (C=O) groups excluding carboxylic acids is 1. The molecule has 1 aliphatic heterocycles. The average molecular weight is 349 g/mol. The number of hydrogen-bond donors (Lipinski definition) is 0. The molecule has 5 nitrogen and oxygen atoms in total. The minimum Gasteiger partial charge on any atom is -0.361 e. The van der Waals surface area contributed by atoms with E-state index >= 15 is 0 Å². The lowest BCUT2D eigenvalue weighted by Crippen LogP contribution is -2.40. The third-order valence-electron chi connectivity index (χ3n) is 5.30. The number of aromatic nitrogens is 2. The van der Waals surface area contributed by atoms with Crippen LogP contribution in [0.5, 0.6) is 0 Å². The van der Waals surface area contributed by atoms with Crippen molar-refractivity contribution in [2.24, 2.45) is 5.92 Å². The van der Waals surface area contributed by atoms with Gasteiger partial charge in [-0.3, -0.25) is 9.78 Å². The fourth-order valence-electron chi connectivity index (χ4n) is 4.02. The second kappa shape index (κ2) is 6.90. The number of nitrogens with zero attached hydrogens (tertiary/aromatic N) is 3. The molecule has 2 aromatic heterocycles. The molecule has 0 N–H and O–H groups in total. The summed E-state index contributed by atoms with van der Waals surface area (Å²) in [5.41, 5.74) is 3.64. The molecule has 1 unspecified atom stereocenters. The van der Waals surface area contributed by atoms with Gasteiger partial charge in [-0.25, -0.2) is 0 Å². The zero-order valence-electron chi connectivity index (χ0n) is 15.2. The lowest BCUT2D eigenvalue weighted by atomic mass is 9.89. The number of piperidine rings is 1. The highest BCUT2D eigenvalue weighted by molar-refractivity contribution is 5.96. The van der Waals surface area contributed by atoms with E-state index in [-0.39, 0.29) is 5.91 Å². The number of fused-ring (bicyclic) bond motifs is 1. The maximum absolute atomic E-state index is 12.9. The van der Waals surface area contributed by atoms with Crippen LogP contribution in [0.2, 0.25) is 0 Å². The van der Waals surface area contributed by atoms with Gasteiger partial charge >= 0.3 is 0 Å². The topological polar surface area (TPSA) is 59.2 Å². The third-order valence-corrected chi connectivity index (χ3v) is 5.30. The van der Waals surface area contributed by atoms with Crippen molar-refractivity contribution < 1.29 is 9.32 Å². The number of aryl methyl sites for hydroxylation is 2. The van der Waals surface area contributed by atoms with Crippen LogP contribution >= 0.6 is 0 Å². The highest BCUT2D eigenvalue weighted by Gasteiger charge is 2.28. The van der Waals surface area contributed by atoms with Crippen LogP contribution in [-0.4, -0.2) is 34.0 Å². The van der Waals surface area contributed by atoms with Crippen molar-refractivity contribution in [1.82, 2.24) is 15.0 Å². The monoisotopic (exact) mass is 349 g/mol. The van der Waals surface area contributed by atoms with E-state index in [1.165, 1.54) is 10.9 Å². The molecule has 5 heteroatoms. The molecule has 3 aromatic rings. The van der Waals surface area contributed by atoms with E-state index in [2.05, 4.69) is 28.3 Å². The summed E-state index contributed by atoms with van der Waals surface area (Å²) in [7, 11) is 0. The van der Waals surface area contributed by atoms with E-state index in [9.17, 15) is 4.79 Å². The zero-order chi connectivity index (χ0) is 18.1. The molecule has 0 aliphatic carbocycles. The van der Waals surface area contributed by atoms with Crippen LogP contribution in [-0.2, 0) is 6.42 Å². The van der Waals surface area contributed by atoms with Gasteiger partial charge in [0.15, 0.2) is 0 Å². The Balaban J connectivity index is 1.53. The Bertz CT molecular complexity index is 923. The average Bonchev–Trinajstić information content (AvgIpc) is 3.00. The summed E-state index contributed by atoms with van der Waals surface area (Å²) in [6, 6.07) is 10.4. The Morgan fingerprint density at radius 1 is 1.27 bits per heavy atom. The van der Waals surface area contributed by atoms with Gasteiger partial charge in [0, 0.05) is 24.7 Å². The van der Waals surface area contributed by atoms with Crippen LogP contribution in [0.3, 0.4) is 0 Å². The molecule has 0 radical (unpaired) electrons. The van der Waals surface area contributed by atoms with Gasteiger partial charge in [-0.1, -0.05) is 23.4 Å². The Kier molecular flexibility index (Phi) is 4.45. The first kappa shape index (κ1) is 16.8. The van der Waals surface area contributed by atoms with E-state index in [1.54, 1.807) is 6.92 Å². The molecule has 1 saturated heterocycles. The van der Waals surface area contributed by atoms with Crippen molar-refractivity contribution in [2.45, 2.75) is 33.1 Å². The molecule has 0 spiro atoms. The second-order valence-electron chi connectivity index (χ2n) is 7.15. The van der Waals surface area contributed by atoms with Crippen molar-refractivity contribution in [3.8, 4) is 0 Å². The number of pyridine rings is 1. The lowest BCUT2D eigenvalue weighted by molar-refractivity contribution is 0.0671. The highest BCUT2D eigenvalue weighted by Crippen LogP contribution is 2.26. The predicted molar refractivity (Wildman–Crippen MR) is 100 cm³/mol. The van der Waals surface area contributed by atoms with Crippen LogP contribution in [0.25, 0.3) is 10.9 Å². The zero-order valence-corrected chi connectivity index (χ0v) is 15.2. The largest absolute Gasteiger partial charge is 0.361 e. The minimum atomic E-state index is 0.0468. The Morgan fingerprint density at radius 2 is 2.15 bits per heavy atom. The SMILES string of the molecule is Cc1noc(C)c1C(=O)N1CCCC(Cc2cccc3ncccc23)C1. The van der Waals surface area contributed by atoms with Crippen molar-refractivity contribution in [3.63, 3.8) is 0 Å². The van der Waals surface area contributed by atoms with E-state index in [0.29, 0.717) is 22.9 Å². The molecular weight excluding hydrogens is 326 g/mol. The number of carbonyl (C=O) groups is 1. The molecule has 1 fully saturated rings. The van der Waals surface area contributed by atoms with Crippen LogP contribution in [0.1, 0.15) is 40.2 Å². The summed E-state index contributed by atoms with van der Waals surface area (Å²) in [5, 5.41) is 5.14. The van der Waals surface area contributed by atoms with E-state index in [0.717, 1.165) is 37.9 Å². The van der Waals surface area contributed by atoms with Gasteiger partial charge in [-0.05, 0) is 56.7 Å².